The molecule has 0 bridgehead atoms. The lowest BCUT2D eigenvalue weighted by Crippen LogP contribution is -2.16. The Bertz CT molecular complexity index is 720. The van der Waals surface area contributed by atoms with E-state index in [1.165, 1.54) is 0 Å². The Hall–Kier alpha value is -1.17. The fourth-order valence-corrected chi connectivity index (χ4v) is 3.31. The number of hydrogen-bond donors (Lipinski definition) is 1. The van der Waals surface area contributed by atoms with Crippen LogP contribution in [0.25, 0.3) is 0 Å². The molecule has 0 amide bonds. The van der Waals surface area contributed by atoms with Crippen molar-refractivity contribution in [3.63, 3.8) is 0 Å². The van der Waals surface area contributed by atoms with E-state index in [4.69, 9.17) is 49.0 Å². The fourth-order valence-electron chi connectivity index (χ4n) is 2.52. The van der Waals surface area contributed by atoms with Gasteiger partial charge in [0, 0.05) is 35.9 Å². The normalized spacial score (nSPS) is 10.9. The lowest BCUT2D eigenvalue weighted by Gasteiger charge is -2.16. The summed E-state index contributed by atoms with van der Waals surface area (Å²) in [5, 5.41) is 4.94. The fraction of sp³-hybridized carbons (Fsp3) is 0.400. The second kappa shape index (κ2) is 11.6. The molecule has 0 aliphatic carbocycles. The van der Waals surface area contributed by atoms with Gasteiger partial charge in [-0.25, -0.2) is 0 Å². The van der Waals surface area contributed by atoms with E-state index in [1.54, 1.807) is 25.3 Å². The first-order valence-electron chi connectivity index (χ1n) is 8.77. The number of methoxy groups -OCH3 is 1. The van der Waals surface area contributed by atoms with E-state index in [-0.39, 0.29) is 6.61 Å². The molecule has 0 spiro atoms. The monoisotopic (exact) mass is 431 g/mol. The molecule has 27 heavy (non-hydrogen) atoms. The first kappa shape index (κ1) is 22.1. The van der Waals surface area contributed by atoms with Crippen LogP contribution >= 0.6 is 34.8 Å². The highest BCUT2D eigenvalue weighted by molar-refractivity contribution is 6.36. The maximum atomic E-state index is 6.46. The molecular formula is C20H24Cl3NO3. The molecule has 148 valence electrons. The van der Waals surface area contributed by atoms with Crippen LogP contribution in [0.1, 0.15) is 24.5 Å². The molecule has 0 fully saturated rings. The first-order valence-corrected chi connectivity index (χ1v) is 9.90. The molecule has 0 aromatic heterocycles. The smallest absolute Gasteiger partial charge is 0.180 e. The minimum absolute atomic E-state index is 0.201. The van der Waals surface area contributed by atoms with E-state index in [0.29, 0.717) is 45.3 Å². The van der Waals surface area contributed by atoms with Gasteiger partial charge in [0.2, 0.25) is 0 Å². The quantitative estimate of drug-likeness (QED) is 0.459. The molecule has 0 radical (unpaired) electrons. The summed E-state index contributed by atoms with van der Waals surface area (Å²) in [4.78, 5) is 0. The van der Waals surface area contributed by atoms with E-state index >= 15 is 0 Å². The number of hydrogen-bond acceptors (Lipinski definition) is 4. The van der Waals surface area contributed by atoms with Crippen molar-refractivity contribution < 1.29 is 14.2 Å². The van der Waals surface area contributed by atoms with Crippen LogP contribution in [-0.4, -0.2) is 26.9 Å². The second-order valence-corrected chi connectivity index (χ2v) is 7.07. The third kappa shape index (κ3) is 6.74. The molecule has 0 aliphatic heterocycles. The van der Waals surface area contributed by atoms with Gasteiger partial charge in [0.1, 0.15) is 6.61 Å². The van der Waals surface area contributed by atoms with E-state index in [0.717, 1.165) is 25.1 Å². The summed E-state index contributed by atoms with van der Waals surface area (Å²) in [5.41, 5.74) is 1.73. The van der Waals surface area contributed by atoms with Crippen molar-refractivity contribution in [3.05, 3.63) is 56.5 Å². The van der Waals surface area contributed by atoms with Crippen LogP contribution in [0.3, 0.4) is 0 Å². The average Bonchev–Trinajstić information content (AvgIpc) is 2.63. The zero-order chi connectivity index (χ0) is 19.6. The molecule has 2 aromatic carbocycles. The molecule has 0 saturated carbocycles. The molecule has 1 N–H and O–H groups in total. The van der Waals surface area contributed by atoms with Crippen LogP contribution < -0.4 is 14.8 Å². The largest absolute Gasteiger partial charge is 0.490 e. The topological polar surface area (TPSA) is 39.7 Å². The van der Waals surface area contributed by atoms with Crippen molar-refractivity contribution in [1.82, 2.24) is 5.32 Å². The highest BCUT2D eigenvalue weighted by atomic mass is 35.5. The van der Waals surface area contributed by atoms with Crippen LogP contribution in [0.5, 0.6) is 11.5 Å². The number of halogens is 3. The Morgan fingerprint density at radius 1 is 1.00 bits per heavy atom. The van der Waals surface area contributed by atoms with Gasteiger partial charge in [-0.05, 0) is 49.7 Å². The maximum absolute atomic E-state index is 6.46. The minimum Gasteiger partial charge on any atom is -0.490 e. The van der Waals surface area contributed by atoms with E-state index < -0.39 is 0 Å². The number of ether oxygens (including phenoxy) is 3. The van der Waals surface area contributed by atoms with E-state index in [2.05, 4.69) is 5.32 Å². The molecule has 0 unspecified atom stereocenters. The summed E-state index contributed by atoms with van der Waals surface area (Å²) in [5.74, 6) is 1.08. The average molecular weight is 433 g/mol. The van der Waals surface area contributed by atoms with Crippen molar-refractivity contribution in [1.29, 1.82) is 0 Å². The molecule has 2 aromatic rings. The first-order chi connectivity index (χ1) is 13.1. The molecular weight excluding hydrogens is 409 g/mol. The van der Waals surface area contributed by atoms with Gasteiger partial charge in [-0.1, -0.05) is 40.9 Å². The van der Waals surface area contributed by atoms with Gasteiger partial charge in [0.15, 0.2) is 11.5 Å². The summed E-state index contributed by atoms with van der Waals surface area (Å²) in [7, 11) is 1.70. The van der Waals surface area contributed by atoms with Gasteiger partial charge >= 0.3 is 0 Å². The Labute approximate surface area is 175 Å². The Morgan fingerprint density at radius 3 is 2.41 bits per heavy atom. The van der Waals surface area contributed by atoms with Gasteiger partial charge in [-0.15, -0.1) is 0 Å². The van der Waals surface area contributed by atoms with E-state index in [9.17, 15) is 0 Å². The predicted octanol–water partition coefficient (Wildman–Crippen LogP) is 5.75. The lowest BCUT2D eigenvalue weighted by molar-refractivity contribution is 0.194. The SMILES string of the molecule is CCOc1cc(CNCCCOC)cc(Cl)c1OCc1c(Cl)cccc1Cl. The van der Waals surface area contributed by atoms with Crippen LogP contribution in [0.15, 0.2) is 30.3 Å². The zero-order valence-corrected chi connectivity index (χ0v) is 17.8. The summed E-state index contributed by atoms with van der Waals surface area (Å²) < 4.78 is 16.7. The Morgan fingerprint density at radius 2 is 1.74 bits per heavy atom. The molecule has 7 heteroatoms. The van der Waals surface area contributed by atoms with E-state index in [1.807, 2.05) is 19.1 Å². The summed E-state index contributed by atoms with van der Waals surface area (Å²) in [6, 6.07) is 9.14. The minimum atomic E-state index is 0.201. The maximum Gasteiger partial charge on any atom is 0.180 e. The number of benzene rings is 2. The molecule has 4 nitrogen and oxygen atoms in total. The van der Waals surface area contributed by atoms with Gasteiger partial charge in [0.05, 0.1) is 11.6 Å². The van der Waals surface area contributed by atoms with Gasteiger partial charge in [0.25, 0.3) is 0 Å². The van der Waals surface area contributed by atoms with Crippen molar-refractivity contribution in [2.75, 3.05) is 26.9 Å². The van der Waals surface area contributed by atoms with Crippen LogP contribution in [0.4, 0.5) is 0 Å². The summed E-state index contributed by atoms with van der Waals surface area (Å²) in [6.45, 7) is 4.89. The van der Waals surface area contributed by atoms with Crippen LogP contribution in [0, 0.1) is 0 Å². The number of nitrogens with one attached hydrogen (secondary N) is 1. The lowest BCUT2D eigenvalue weighted by atomic mass is 10.2. The van der Waals surface area contributed by atoms with Crippen LogP contribution in [-0.2, 0) is 17.9 Å². The molecule has 0 aliphatic rings. The third-order valence-electron chi connectivity index (χ3n) is 3.82. The van der Waals surface area contributed by atoms with Crippen molar-refractivity contribution >= 4 is 34.8 Å². The zero-order valence-electron chi connectivity index (χ0n) is 15.5. The van der Waals surface area contributed by atoms with Gasteiger partial charge < -0.3 is 19.5 Å². The van der Waals surface area contributed by atoms with Gasteiger partial charge in [-0.3, -0.25) is 0 Å². The second-order valence-electron chi connectivity index (χ2n) is 5.85. The molecule has 0 heterocycles. The highest BCUT2D eigenvalue weighted by Crippen LogP contribution is 2.38. The molecule has 0 saturated heterocycles. The van der Waals surface area contributed by atoms with Crippen molar-refractivity contribution in [2.45, 2.75) is 26.5 Å². The summed E-state index contributed by atoms with van der Waals surface area (Å²) in [6.07, 6.45) is 0.947. The summed E-state index contributed by atoms with van der Waals surface area (Å²) >= 11 is 18.9. The predicted molar refractivity (Wildman–Crippen MR) is 112 cm³/mol. The Balaban J connectivity index is 2.10. The molecule has 2 rings (SSSR count). The van der Waals surface area contributed by atoms with Crippen molar-refractivity contribution in [2.24, 2.45) is 0 Å². The highest BCUT2D eigenvalue weighted by Gasteiger charge is 2.15. The van der Waals surface area contributed by atoms with Crippen molar-refractivity contribution in [3.8, 4) is 11.5 Å². The Kier molecular flexibility index (Phi) is 9.52. The molecule has 0 atom stereocenters. The van der Waals surface area contributed by atoms with Crippen LogP contribution in [0.2, 0.25) is 15.1 Å². The standard InChI is InChI=1S/C20H24Cl3NO3/c1-3-26-19-11-14(12-24-8-5-9-25-2)10-18(23)20(19)27-13-15-16(21)6-4-7-17(15)22/h4,6-7,10-11,24H,3,5,8-9,12-13H2,1-2H3. The third-order valence-corrected chi connectivity index (χ3v) is 4.81. The number of rotatable bonds is 11. The van der Waals surface area contributed by atoms with Gasteiger partial charge in [-0.2, -0.15) is 0 Å².